The van der Waals surface area contributed by atoms with Crippen LogP contribution < -0.4 is 10.1 Å². The Labute approximate surface area is 196 Å². The molecule has 0 aliphatic rings. The summed E-state index contributed by atoms with van der Waals surface area (Å²) in [7, 11) is -4.43. The molecule has 10 heteroatoms. The number of rotatable bonds is 9. The van der Waals surface area contributed by atoms with E-state index in [1.165, 1.54) is 0 Å². The summed E-state index contributed by atoms with van der Waals surface area (Å²) in [6.07, 6.45) is -4.71. The lowest BCUT2D eigenvalue weighted by atomic mass is 10.2. The minimum atomic E-state index is -4.71. The number of benzene rings is 3. The average Bonchev–Trinajstić information content (AvgIpc) is 2.80. The third-order valence-corrected chi connectivity index (χ3v) is 6.56. The van der Waals surface area contributed by atoms with E-state index in [4.69, 9.17) is 4.74 Å². The van der Waals surface area contributed by atoms with Crippen LogP contribution in [-0.4, -0.2) is 31.8 Å². The third-order valence-electron chi connectivity index (χ3n) is 4.77. The van der Waals surface area contributed by atoms with Gasteiger partial charge in [0.25, 0.3) is 0 Å². The van der Waals surface area contributed by atoms with Gasteiger partial charge in [-0.15, -0.1) is 0 Å². The summed E-state index contributed by atoms with van der Waals surface area (Å²) in [6, 6.07) is 18.4. The number of hydrogen-bond donors (Lipinski definition) is 1. The number of amides is 1. The van der Waals surface area contributed by atoms with Crippen LogP contribution in [0.15, 0.2) is 83.8 Å². The summed E-state index contributed by atoms with van der Waals surface area (Å²) in [6.45, 7) is 1.52. The molecule has 0 saturated heterocycles. The fourth-order valence-electron chi connectivity index (χ4n) is 3.16. The molecule has 3 aromatic rings. The molecule has 3 rings (SSSR count). The molecule has 1 amide bonds. The lowest BCUT2D eigenvalue weighted by Gasteiger charge is -2.22. The minimum absolute atomic E-state index is 0.198. The molecule has 0 heterocycles. The maximum atomic E-state index is 13.3. The highest BCUT2D eigenvalue weighted by atomic mass is 32.2. The Hall–Kier alpha value is -3.37. The van der Waals surface area contributed by atoms with E-state index in [-0.39, 0.29) is 6.54 Å². The van der Waals surface area contributed by atoms with Crippen molar-refractivity contribution in [2.45, 2.75) is 24.5 Å². The van der Waals surface area contributed by atoms with Crippen molar-refractivity contribution >= 4 is 21.6 Å². The summed E-state index contributed by atoms with van der Waals surface area (Å²) in [5.74, 6) is -0.0334. The number of carbonyl (C=O) groups is 1. The second kappa shape index (κ2) is 10.7. The summed E-state index contributed by atoms with van der Waals surface area (Å²) in [4.78, 5) is 12.2. The molecule has 0 spiro atoms. The lowest BCUT2D eigenvalue weighted by Crippen LogP contribution is -2.37. The van der Waals surface area contributed by atoms with Crippen LogP contribution in [0.3, 0.4) is 0 Å². The molecule has 1 N–H and O–H groups in total. The third kappa shape index (κ3) is 6.58. The van der Waals surface area contributed by atoms with Crippen molar-refractivity contribution in [3.05, 3.63) is 90.0 Å². The first-order valence-electron chi connectivity index (χ1n) is 10.3. The predicted molar refractivity (Wildman–Crippen MR) is 122 cm³/mol. The highest BCUT2D eigenvalue weighted by molar-refractivity contribution is 7.89. The molecule has 180 valence electrons. The van der Waals surface area contributed by atoms with Crippen LogP contribution in [0.5, 0.6) is 5.75 Å². The molecule has 0 unspecified atom stereocenters. The van der Waals surface area contributed by atoms with Gasteiger partial charge in [0.2, 0.25) is 15.9 Å². The maximum Gasteiger partial charge on any atom is 0.416 e. The smallest absolute Gasteiger partial charge is 0.416 e. The Morgan fingerprint density at radius 2 is 1.65 bits per heavy atom. The van der Waals surface area contributed by atoms with Crippen LogP contribution >= 0.6 is 0 Å². The maximum absolute atomic E-state index is 13.3. The molecule has 34 heavy (non-hydrogen) atoms. The van der Waals surface area contributed by atoms with Gasteiger partial charge in [-0.2, -0.15) is 17.5 Å². The number of carbonyl (C=O) groups excluding carboxylic acids is 1. The van der Waals surface area contributed by atoms with Crippen molar-refractivity contribution in [2.24, 2.45) is 0 Å². The molecule has 0 radical (unpaired) electrons. The average molecular weight is 493 g/mol. The van der Waals surface area contributed by atoms with Crippen LogP contribution in [0.1, 0.15) is 18.1 Å². The molecule has 0 bridgehead atoms. The predicted octanol–water partition coefficient (Wildman–Crippen LogP) is 4.93. The van der Waals surface area contributed by atoms with Crippen LogP contribution in [0.25, 0.3) is 0 Å². The Morgan fingerprint density at radius 1 is 0.971 bits per heavy atom. The summed E-state index contributed by atoms with van der Waals surface area (Å²) < 4.78 is 72.2. The standard InChI is InChI=1S/C24H23F3N2O4S/c1-2-33-21-13-11-20(12-14-21)28-23(30)17-29(16-18-7-4-3-5-8-18)34(31,32)22-10-6-9-19(15-22)24(25,26)27/h3-15H,2,16-17H2,1H3,(H,28,30). The number of nitrogens with one attached hydrogen (secondary N) is 1. The van der Waals surface area contributed by atoms with Gasteiger partial charge in [-0.1, -0.05) is 36.4 Å². The van der Waals surface area contributed by atoms with E-state index in [2.05, 4.69) is 5.32 Å². The van der Waals surface area contributed by atoms with Gasteiger partial charge in [-0.25, -0.2) is 8.42 Å². The molecule has 6 nitrogen and oxygen atoms in total. The second-order valence-electron chi connectivity index (χ2n) is 7.29. The zero-order valence-electron chi connectivity index (χ0n) is 18.2. The van der Waals surface area contributed by atoms with Gasteiger partial charge in [-0.05, 0) is 55.0 Å². The highest BCUT2D eigenvalue weighted by Gasteiger charge is 2.33. The van der Waals surface area contributed by atoms with Gasteiger partial charge in [0, 0.05) is 12.2 Å². The van der Waals surface area contributed by atoms with Crippen molar-refractivity contribution in [3.63, 3.8) is 0 Å². The first-order valence-corrected chi connectivity index (χ1v) is 11.8. The van der Waals surface area contributed by atoms with Gasteiger partial charge in [-0.3, -0.25) is 4.79 Å². The molecule has 0 aliphatic heterocycles. The Morgan fingerprint density at radius 3 is 2.26 bits per heavy atom. The normalized spacial score (nSPS) is 11.9. The molecular formula is C24H23F3N2O4S. The van der Waals surface area contributed by atoms with E-state index < -0.39 is 39.1 Å². The molecule has 3 aromatic carbocycles. The van der Waals surface area contributed by atoms with Gasteiger partial charge in [0.05, 0.1) is 23.6 Å². The van der Waals surface area contributed by atoms with Crippen molar-refractivity contribution in [3.8, 4) is 5.75 Å². The van der Waals surface area contributed by atoms with Crippen LogP contribution in [0.4, 0.5) is 18.9 Å². The van der Waals surface area contributed by atoms with Crippen molar-refractivity contribution in [1.82, 2.24) is 4.31 Å². The van der Waals surface area contributed by atoms with Crippen molar-refractivity contribution < 1.29 is 31.1 Å². The van der Waals surface area contributed by atoms with Gasteiger partial charge in [0.1, 0.15) is 5.75 Å². The molecule has 0 saturated carbocycles. The van der Waals surface area contributed by atoms with E-state index in [9.17, 15) is 26.4 Å². The Kier molecular flexibility index (Phi) is 7.95. The van der Waals surface area contributed by atoms with Gasteiger partial charge < -0.3 is 10.1 Å². The van der Waals surface area contributed by atoms with Crippen LogP contribution in [-0.2, 0) is 27.5 Å². The minimum Gasteiger partial charge on any atom is -0.494 e. The van der Waals surface area contributed by atoms with E-state index in [1.54, 1.807) is 54.6 Å². The fourth-order valence-corrected chi connectivity index (χ4v) is 4.59. The largest absolute Gasteiger partial charge is 0.494 e. The Balaban J connectivity index is 1.86. The van der Waals surface area contributed by atoms with E-state index in [1.807, 2.05) is 6.92 Å². The molecule has 0 fully saturated rings. The van der Waals surface area contributed by atoms with Crippen molar-refractivity contribution in [2.75, 3.05) is 18.5 Å². The van der Waals surface area contributed by atoms with E-state index in [0.717, 1.165) is 22.5 Å². The zero-order chi connectivity index (χ0) is 24.8. The quantitative estimate of drug-likeness (QED) is 0.460. The molecular weight excluding hydrogens is 469 g/mol. The van der Waals surface area contributed by atoms with E-state index in [0.29, 0.717) is 29.7 Å². The number of halogens is 3. The number of nitrogens with zero attached hydrogens (tertiary/aromatic N) is 1. The van der Waals surface area contributed by atoms with Gasteiger partial charge in [0.15, 0.2) is 0 Å². The molecule has 0 aliphatic carbocycles. The summed E-state index contributed by atoms with van der Waals surface area (Å²) in [5.41, 5.74) is -0.0939. The lowest BCUT2D eigenvalue weighted by molar-refractivity contribution is -0.137. The number of hydrogen-bond acceptors (Lipinski definition) is 4. The second-order valence-corrected chi connectivity index (χ2v) is 9.23. The summed E-state index contributed by atoms with van der Waals surface area (Å²) in [5, 5.41) is 2.61. The first kappa shape index (κ1) is 25.3. The zero-order valence-corrected chi connectivity index (χ0v) is 19.1. The topological polar surface area (TPSA) is 75.7 Å². The van der Waals surface area contributed by atoms with Gasteiger partial charge >= 0.3 is 6.18 Å². The number of alkyl halides is 3. The monoisotopic (exact) mass is 492 g/mol. The SMILES string of the molecule is CCOc1ccc(NC(=O)CN(Cc2ccccc2)S(=O)(=O)c2cccc(C(F)(F)F)c2)cc1. The number of ether oxygens (including phenoxy) is 1. The van der Waals surface area contributed by atoms with Crippen molar-refractivity contribution in [1.29, 1.82) is 0 Å². The summed E-state index contributed by atoms with van der Waals surface area (Å²) >= 11 is 0. The van der Waals surface area contributed by atoms with E-state index >= 15 is 0 Å². The fraction of sp³-hybridized carbons (Fsp3) is 0.208. The molecule has 0 aromatic heterocycles. The number of sulfonamides is 1. The molecule has 0 atom stereocenters. The number of anilines is 1. The van der Waals surface area contributed by atoms with Crippen LogP contribution in [0, 0.1) is 0 Å². The first-order chi connectivity index (χ1) is 16.1. The Bertz CT molecular complexity index is 1210. The van der Waals surface area contributed by atoms with Crippen LogP contribution in [0.2, 0.25) is 0 Å². The highest BCUT2D eigenvalue weighted by Crippen LogP contribution is 2.31.